The Balaban J connectivity index is 1.02. The third kappa shape index (κ3) is 6.35. The van der Waals surface area contributed by atoms with Gasteiger partial charge in [0.05, 0.1) is 10.8 Å². The van der Waals surface area contributed by atoms with Crippen molar-refractivity contribution in [3.63, 3.8) is 0 Å². The molecule has 5 fully saturated rings. The summed E-state index contributed by atoms with van der Waals surface area (Å²) in [5, 5.41) is 0. The van der Waals surface area contributed by atoms with E-state index in [1.54, 1.807) is 0 Å². The van der Waals surface area contributed by atoms with Gasteiger partial charge in [0.25, 0.3) is 0 Å². The Morgan fingerprint density at radius 1 is 0.538 bits per heavy atom. The van der Waals surface area contributed by atoms with Gasteiger partial charge in [0.1, 0.15) is 6.17 Å². The molecular formula is C37H63FO. The maximum atomic E-state index is 16.2. The van der Waals surface area contributed by atoms with Gasteiger partial charge in [-0.1, -0.05) is 97.3 Å². The number of halogens is 1. The lowest BCUT2D eigenvalue weighted by Gasteiger charge is -2.62. The number of hydrogen-bond donors (Lipinski definition) is 0. The van der Waals surface area contributed by atoms with Crippen molar-refractivity contribution in [1.29, 1.82) is 0 Å². The molecular weight excluding hydrogens is 479 g/mol. The largest absolute Gasteiger partial charge is 0.298 e. The summed E-state index contributed by atoms with van der Waals surface area (Å²) in [7, 11) is 0. The van der Waals surface area contributed by atoms with Crippen LogP contribution in [-0.4, -0.2) is 12.0 Å². The van der Waals surface area contributed by atoms with E-state index in [1.165, 1.54) is 109 Å². The highest BCUT2D eigenvalue weighted by Gasteiger charge is 2.71. The highest BCUT2D eigenvalue weighted by molar-refractivity contribution is 5.98. The minimum absolute atomic E-state index is 0.383. The molecule has 5 aliphatic carbocycles. The van der Waals surface area contributed by atoms with Crippen LogP contribution in [0, 0.1) is 46.3 Å². The second-order valence-electron chi connectivity index (χ2n) is 15.6. The number of carbonyl (C=O) groups is 1. The molecule has 1 nitrogen and oxygen atoms in total. The minimum atomic E-state index is -0.840. The van der Waals surface area contributed by atoms with Gasteiger partial charge >= 0.3 is 0 Å². The standard InChI is InChI=1S/C37H63FO/c1-3-5-6-7-8-9-11-29-14-18-31(19-15-29)33-22-26-37(27-23-33)34(38)36(35(37)39)24-20-32(21-25-36)30-16-12-28(10-4-2)13-17-30/h28-34H,3-27H2,1-2H3/t28?,29?,30?,31?,32?,33?,34-,36?,37?/m1/s1. The molecule has 5 rings (SSSR count). The lowest BCUT2D eigenvalue weighted by Crippen LogP contribution is -2.69. The van der Waals surface area contributed by atoms with E-state index in [4.69, 9.17) is 0 Å². The first-order valence-electron chi connectivity index (χ1n) is 18.2. The molecule has 1 atom stereocenters. The summed E-state index contributed by atoms with van der Waals surface area (Å²) in [4.78, 5) is 13.8. The number of alkyl halides is 1. The van der Waals surface area contributed by atoms with E-state index in [2.05, 4.69) is 13.8 Å². The Labute approximate surface area is 241 Å². The fraction of sp³-hybridized carbons (Fsp3) is 0.973. The van der Waals surface area contributed by atoms with E-state index in [1.807, 2.05) is 0 Å². The summed E-state index contributed by atoms with van der Waals surface area (Å²) < 4.78 is 16.2. The maximum absolute atomic E-state index is 16.2. The van der Waals surface area contributed by atoms with E-state index in [0.29, 0.717) is 5.78 Å². The summed E-state index contributed by atoms with van der Waals surface area (Å²) in [6.07, 6.45) is 31.0. The Hall–Kier alpha value is -0.400. The predicted octanol–water partition coefficient (Wildman–Crippen LogP) is 11.4. The van der Waals surface area contributed by atoms with Crippen molar-refractivity contribution in [2.75, 3.05) is 0 Å². The topological polar surface area (TPSA) is 17.1 Å². The zero-order valence-corrected chi connectivity index (χ0v) is 26.0. The molecule has 0 aromatic carbocycles. The van der Waals surface area contributed by atoms with Crippen LogP contribution in [0.3, 0.4) is 0 Å². The van der Waals surface area contributed by atoms with Gasteiger partial charge in [-0.3, -0.25) is 4.79 Å². The van der Waals surface area contributed by atoms with Crippen molar-refractivity contribution >= 4 is 5.78 Å². The van der Waals surface area contributed by atoms with Crippen LogP contribution in [0.15, 0.2) is 0 Å². The molecule has 0 unspecified atom stereocenters. The molecule has 5 aliphatic rings. The molecule has 0 amide bonds. The van der Waals surface area contributed by atoms with Crippen LogP contribution in [0.5, 0.6) is 0 Å². The van der Waals surface area contributed by atoms with Crippen LogP contribution in [-0.2, 0) is 4.79 Å². The maximum Gasteiger partial charge on any atom is 0.151 e. The first-order chi connectivity index (χ1) is 19.0. The molecule has 0 radical (unpaired) electrons. The second kappa shape index (κ2) is 13.7. The van der Waals surface area contributed by atoms with Gasteiger partial charge in [-0.2, -0.15) is 0 Å². The fourth-order valence-electron chi connectivity index (χ4n) is 10.9. The Bertz CT molecular complexity index is 741. The molecule has 0 heterocycles. The van der Waals surface area contributed by atoms with Crippen LogP contribution in [0.1, 0.15) is 174 Å². The van der Waals surface area contributed by atoms with Crippen molar-refractivity contribution in [1.82, 2.24) is 0 Å². The van der Waals surface area contributed by atoms with Gasteiger partial charge in [-0.15, -0.1) is 0 Å². The molecule has 0 aliphatic heterocycles. The molecule has 2 spiro atoms. The first-order valence-corrected chi connectivity index (χ1v) is 18.2. The van der Waals surface area contributed by atoms with Crippen LogP contribution in [0.2, 0.25) is 0 Å². The minimum Gasteiger partial charge on any atom is -0.298 e. The van der Waals surface area contributed by atoms with Crippen molar-refractivity contribution < 1.29 is 9.18 Å². The number of unbranched alkanes of at least 4 members (excludes halogenated alkanes) is 5. The van der Waals surface area contributed by atoms with Crippen molar-refractivity contribution in [3.8, 4) is 0 Å². The van der Waals surface area contributed by atoms with Crippen molar-refractivity contribution in [3.05, 3.63) is 0 Å². The summed E-state index contributed by atoms with van der Waals surface area (Å²) in [5.74, 6) is 5.55. The Kier molecular flexibility index (Phi) is 10.6. The highest BCUT2D eigenvalue weighted by Crippen LogP contribution is 2.66. The first kappa shape index (κ1) is 30.1. The average Bonchev–Trinajstić information content (AvgIpc) is 2.99. The average molecular weight is 543 g/mol. The van der Waals surface area contributed by atoms with Gasteiger partial charge in [-0.25, -0.2) is 4.39 Å². The summed E-state index contributed by atoms with van der Waals surface area (Å²) in [5.41, 5.74) is -1.14. The smallest absolute Gasteiger partial charge is 0.151 e. The summed E-state index contributed by atoms with van der Waals surface area (Å²) >= 11 is 0. The van der Waals surface area contributed by atoms with E-state index in [-0.39, 0.29) is 0 Å². The number of ketones is 1. The second-order valence-corrected chi connectivity index (χ2v) is 15.6. The zero-order chi connectivity index (χ0) is 27.3. The van der Waals surface area contributed by atoms with Crippen LogP contribution < -0.4 is 0 Å². The molecule has 39 heavy (non-hydrogen) atoms. The van der Waals surface area contributed by atoms with Crippen LogP contribution in [0.4, 0.5) is 4.39 Å². The van der Waals surface area contributed by atoms with Gasteiger partial charge in [0, 0.05) is 0 Å². The molecule has 0 saturated heterocycles. The molecule has 0 aromatic rings. The highest BCUT2D eigenvalue weighted by atomic mass is 19.1. The Morgan fingerprint density at radius 3 is 1.38 bits per heavy atom. The number of carbonyl (C=O) groups excluding carboxylic acids is 1. The lowest BCUT2D eigenvalue weighted by atomic mass is 9.41. The molecule has 2 heteroatoms. The van der Waals surface area contributed by atoms with Gasteiger partial charge in [0.15, 0.2) is 5.78 Å². The Morgan fingerprint density at radius 2 is 0.949 bits per heavy atom. The van der Waals surface area contributed by atoms with Gasteiger partial charge in [-0.05, 0) is 113 Å². The van der Waals surface area contributed by atoms with Crippen LogP contribution in [0.25, 0.3) is 0 Å². The molecule has 224 valence electrons. The van der Waals surface area contributed by atoms with E-state index < -0.39 is 17.0 Å². The molecule has 5 saturated carbocycles. The van der Waals surface area contributed by atoms with E-state index >= 15 is 4.39 Å². The predicted molar refractivity (Wildman–Crippen MR) is 162 cm³/mol. The molecule has 0 N–H and O–H groups in total. The SMILES string of the molecule is CCCCCCCCC1CCC(C2CCC3(CC2)C(=O)C2(CCC(C4CCC(CCC)CC4)CC2)[C@H]3F)CC1. The summed E-state index contributed by atoms with van der Waals surface area (Å²) in [6.45, 7) is 4.61. The number of rotatable bonds is 11. The van der Waals surface area contributed by atoms with Crippen molar-refractivity contribution in [2.24, 2.45) is 46.3 Å². The third-order valence-corrected chi connectivity index (χ3v) is 13.5. The van der Waals surface area contributed by atoms with Crippen LogP contribution >= 0.6 is 0 Å². The zero-order valence-electron chi connectivity index (χ0n) is 26.0. The van der Waals surface area contributed by atoms with Crippen molar-refractivity contribution in [2.45, 2.75) is 181 Å². The monoisotopic (exact) mass is 542 g/mol. The van der Waals surface area contributed by atoms with E-state index in [9.17, 15) is 4.79 Å². The van der Waals surface area contributed by atoms with E-state index in [0.717, 1.165) is 86.9 Å². The third-order valence-electron chi connectivity index (χ3n) is 13.5. The fourth-order valence-corrected chi connectivity index (χ4v) is 10.9. The number of hydrogen-bond acceptors (Lipinski definition) is 1. The number of Topliss-reactive ketones (excluding diaryl/α,β-unsaturated/α-hetero) is 1. The molecule has 0 aromatic heterocycles. The van der Waals surface area contributed by atoms with Gasteiger partial charge in [0.2, 0.25) is 0 Å². The summed E-state index contributed by atoms with van der Waals surface area (Å²) in [6, 6.07) is 0. The molecule has 0 bridgehead atoms. The lowest BCUT2D eigenvalue weighted by molar-refractivity contribution is -0.194. The normalized spacial score (nSPS) is 43.1. The van der Waals surface area contributed by atoms with Gasteiger partial charge < -0.3 is 0 Å². The quantitative estimate of drug-likeness (QED) is 0.237.